The molecule has 0 saturated heterocycles. The van der Waals surface area contributed by atoms with E-state index in [0.717, 1.165) is 57.8 Å². The number of hydrogen-bond acceptors (Lipinski definition) is 7. The highest BCUT2D eigenvalue weighted by molar-refractivity contribution is 7.47. The Bertz CT molecular complexity index is 1040. The first-order chi connectivity index (χ1) is 25.0. The van der Waals surface area contributed by atoms with Gasteiger partial charge in [-0.25, -0.2) is 4.57 Å². The van der Waals surface area contributed by atoms with Crippen molar-refractivity contribution in [3.05, 3.63) is 23.3 Å². The van der Waals surface area contributed by atoms with Crippen molar-refractivity contribution < 1.29 is 42.1 Å². The lowest BCUT2D eigenvalue weighted by Crippen LogP contribution is -2.37. The number of quaternary nitrogens is 1. The number of ether oxygens (including phenoxy) is 2. The van der Waals surface area contributed by atoms with E-state index >= 15 is 0 Å². The number of carbonyl (C=O) groups is 2. The van der Waals surface area contributed by atoms with E-state index in [0.29, 0.717) is 17.4 Å². The van der Waals surface area contributed by atoms with E-state index < -0.39 is 26.5 Å². The van der Waals surface area contributed by atoms with Crippen molar-refractivity contribution in [2.45, 2.75) is 187 Å². The monoisotopic (exact) mass is 757 g/mol. The number of nitrogens with zero attached hydrogens (tertiary/aromatic N) is 1. The maximum atomic E-state index is 12.7. The molecule has 1 N–H and O–H groups in total. The molecule has 1 unspecified atom stereocenters. The van der Waals surface area contributed by atoms with Crippen LogP contribution in [0.1, 0.15) is 181 Å². The second-order valence-electron chi connectivity index (χ2n) is 15.8. The van der Waals surface area contributed by atoms with Crippen LogP contribution in [0.25, 0.3) is 0 Å². The Kier molecular flexibility index (Phi) is 28.7. The van der Waals surface area contributed by atoms with Gasteiger partial charge >= 0.3 is 19.8 Å². The maximum absolute atomic E-state index is 12.7. The molecule has 0 aliphatic heterocycles. The summed E-state index contributed by atoms with van der Waals surface area (Å²) < 4.78 is 34.3. The van der Waals surface area contributed by atoms with E-state index in [1.807, 2.05) is 21.1 Å². The van der Waals surface area contributed by atoms with Gasteiger partial charge in [-0.05, 0) is 77.0 Å². The molecule has 52 heavy (non-hydrogen) atoms. The van der Waals surface area contributed by atoms with E-state index in [-0.39, 0.29) is 32.0 Å². The molecule has 304 valence electrons. The third kappa shape index (κ3) is 28.9. The first kappa shape index (κ1) is 48.5. The normalized spacial score (nSPS) is 15.1. The summed E-state index contributed by atoms with van der Waals surface area (Å²) in [5.41, 5.74) is 3.36. The van der Waals surface area contributed by atoms with E-state index in [9.17, 15) is 19.0 Å². The largest absolute Gasteiger partial charge is 0.472 e. The number of esters is 2. The SMILES string of the molecule is CCCCCCCC/C=C/CCCCCCCC(=O)O[C@H](COC(=O)CCCCCCC1=C(CCCCC)CC1)COP(=O)(O)OCC[N+](C)(C)C. The van der Waals surface area contributed by atoms with E-state index in [1.165, 1.54) is 89.9 Å². The van der Waals surface area contributed by atoms with Crippen LogP contribution in [0, 0.1) is 0 Å². The fourth-order valence-electron chi connectivity index (χ4n) is 6.24. The lowest BCUT2D eigenvalue weighted by molar-refractivity contribution is -0.870. The van der Waals surface area contributed by atoms with Gasteiger partial charge in [0.15, 0.2) is 6.10 Å². The van der Waals surface area contributed by atoms with Crippen LogP contribution in [-0.4, -0.2) is 74.9 Å². The summed E-state index contributed by atoms with van der Waals surface area (Å²) in [5.74, 6) is -0.805. The first-order valence-corrected chi connectivity index (χ1v) is 22.6. The van der Waals surface area contributed by atoms with Gasteiger partial charge in [0.25, 0.3) is 0 Å². The molecule has 0 fully saturated rings. The van der Waals surface area contributed by atoms with Crippen molar-refractivity contribution in [1.82, 2.24) is 0 Å². The predicted molar refractivity (Wildman–Crippen MR) is 213 cm³/mol. The molecule has 9 nitrogen and oxygen atoms in total. The van der Waals surface area contributed by atoms with Crippen molar-refractivity contribution in [3.63, 3.8) is 0 Å². The molecule has 0 heterocycles. The molecule has 10 heteroatoms. The molecule has 0 spiro atoms. The van der Waals surface area contributed by atoms with Crippen LogP contribution in [0.5, 0.6) is 0 Å². The highest BCUT2D eigenvalue weighted by atomic mass is 31.2. The zero-order valence-electron chi connectivity index (χ0n) is 34.1. The van der Waals surface area contributed by atoms with Gasteiger partial charge in [0.2, 0.25) is 0 Å². The van der Waals surface area contributed by atoms with Crippen molar-refractivity contribution >= 4 is 19.8 Å². The lowest BCUT2D eigenvalue weighted by Gasteiger charge is -2.24. The number of phosphoric acid groups is 1. The second-order valence-corrected chi connectivity index (χ2v) is 17.3. The Labute approximate surface area is 318 Å². The van der Waals surface area contributed by atoms with Crippen LogP contribution in [0.3, 0.4) is 0 Å². The van der Waals surface area contributed by atoms with Crippen molar-refractivity contribution in [1.29, 1.82) is 0 Å². The summed E-state index contributed by atoms with van der Waals surface area (Å²) in [7, 11) is 1.47. The fourth-order valence-corrected chi connectivity index (χ4v) is 6.98. The van der Waals surface area contributed by atoms with Gasteiger partial charge < -0.3 is 18.9 Å². The topological polar surface area (TPSA) is 108 Å². The van der Waals surface area contributed by atoms with Gasteiger partial charge in [-0.3, -0.25) is 18.6 Å². The molecule has 1 aliphatic rings. The summed E-state index contributed by atoms with van der Waals surface area (Å²) >= 11 is 0. The lowest BCUT2D eigenvalue weighted by atomic mass is 9.82. The van der Waals surface area contributed by atoms with Gasteiger partial charge in [-0.2, -0.15) is 0 Å². The summed E-state index contributed by atoms with van der Waals surface area (Å²) in [5, 5.41) is 0. The van der Waals surface area contributed by atoms with E-state index in [1.54, 1.807) is 11.1 Å². The van der Waals surface area contributed by atoms with Gasteiger partial charge in [-0.1, -0.05) is 114 Å². The number of likely N-dealkylation sites (N-methyl/N-ethyl adjacent to an activating group) is 1. The van der Waals surface area contributed by atoms with Crippen molar-refractivity contribution in [2.24, 2.45) is 0 Å². The summed E-state index contributed by atoms with van der Waals surface area (Å²) in [4.78, 5) is 35.4. The minimum atomic E-state index is -4.37. The van der Waals surface area contributed by atoms with E-state index in [4.69, 9.17) is 18.5 Å². The average molecular weight is 757 g/mol. The van der Waals surface area contributed by atoms with Crippen LogP contribution < -0.4 is 0 Å². The average Bonchev–Trinajstić information content (AvgIpc) is 3.08. The van der Waals surface area contributed by atoms with Gasteiger partial charge in [0.1, 0.15) is 19.8 Å². The van der Waals surface area contributed by atoms with Gasteiger partial charge in [0, 0.05) is 12.8 Å². The number of carbonyl (C=O) groups excluding carboxylic acids is 2. The number of rotatable bonds is 36. The Balaban J connectivity index is 2.35. The summed E-state index contributed by atoms with van der Waals surface area (Å²) in [6.45, 7) is 4.40. The molecule has 0 aromatic carbocycles. The second kappa shape index (κ2) is 30.8. The van der Waals surface area contributed by atoms with Crippen molar-refractivity contribution in [2.75, 3.05) is 47.5 Å². The molecule has 0 aromatic rings. The Hall–Kier alpha value is -1.51. The zero-order chi connectivity index (χ0) is 38.3. The first-order valence-electron chi connectivity index (χ1n) is 21.1. The number of unbranched alkanes of at least 4 members (excludes halogenated alkanes) is 16. The third-order valence-corrected chi connectivity index (χ3v) is 10.7. The van der Waals surface area contributed by atoms with Gasteiger partial charge in [-0.15, -0.1) is 0 Å². The molecule has 0 aromatic heterocycles. The highest BCUT2D eigenvalue weighted by Gasteiger charge is 2.27. The van der Waals surface area contributed by atoms with Crippen LogP contribution in [-0.2, 0) is 32.7 Å². The summed E-state index contributed by atoms with van der Waals surface area (Å²) in [6, 6.07) is 0. The van der Waals surface area contributed by atoms with Crippen LogP contribution in [0.4, 0.5) is 0 Å². The molecular formula is C42H79NO8P+. The minimum absolute atomic E-state index is 0.0317. The van der Waals surface area contributed by atoms with Gasteiger partial charge in [0.05, 0.1) is 27.7 Å². The molecule has 1 aliphatic carbocycles. The Morgan fingerprint density at radius 2 is 1.15 bits per heavy atom. The third-order valence-electron chi connectivity index (χ3n) is 9.73. The van der Waals surface area contributed by atoms with Crippen LogP contribution in [0.15, 0.2) is 23.3 Å². The van der Waals surface area contributed by atoms with Crippen molar-refractivity contribution in [3.8, 4) is 0 Å². The molecule has 1 rings (SSSR count). The molecule has 0 amide bonds. The zero-order valence-corrected chi connectivity index (χ0v) is 35.0. The summed E-state index contributed by atoms with van der Waals surface area (Å²) in [6.07, 6.45) is 32.2. The van der Waals surface area contributed by atoms with E-state index in [2.05, 4.69) is 26.0 Å². The Morgan fingerprint density at radius 1 is 0.673 bits per heavy atom. The molecule has 0 radical (unpaired) electrons. The molecule has 0 saturated carbocycles. The number of hydrogen-bond donors (Lipinski definition) is 1. The predicted octanol–water partition coefficient (Wildman–Crippen LogP) is 11.3. The maximum Gasteiger partial charge on any atom is 0.472 e. The fraction of sp³-hybridized carbons (Fsp3) is 0.857. The number of phosphoric ester groups is 1. The highest BCUT2D eigenvalue weighted by Crippen LogP contribution is 2.43. The smallest absolute Gasteiger partial charge is 0.462 e. The minimum Gasteiger partial charge on any atom is -0.462 e. The standard InChI is InChI=1S/C42H78NO8P/c1-6-8-10-11-12-13-14-15-16-17-18-19-20-21-27-31-42(45)51-40(37-50-52(46,47)49-35-34-43(3,4)5)36-48-41(44)30-26-23-22-25-29-39-33-32-38(39)28-24-9-7-2/h15-16,40H,6-14,17-37H2,1-5H3/p+1/b16-15+/t40-/m1/s1. The van der Waals surface area contributed by atoms with Crippen LogP contribution >= 0.6 is 7.82 Å². The number of allylic oxidation sites excluding steroid dienone is 4. The Morgan fingerprint density at radius 3 is 1.71 bits per heavy atom. The quantitative estimate of drug-likeness (QED) is 0.0221. The molecule has 2 atom stereocenters. The molecular weight excluding hydrogens is 677 g/mol. The van der Waals surface area contributed by atoms with Crippen LogP contribution in [0.2, 0.25) is 0 Å². The molecule has 0 bridgehead atoms.